The Labute approximate surface area is 400 Å². The summed E-state index contributed by atoms with van der Waals surface area (Å²) in [6, 6.07) is 17.8. The van der Waals surface area contributed by atoms with E-state index in [1.807, 2.05) is 53.2 Å². The molecule has 8 rings (SSSR count). The molecule has 64 heavy (non-hydrogen) atoms. The van der Waals surface area contributed by atoms with Gasteiger partial charge in [-0.2, -0.15) is 23.7 Å². The van der Waals surface area contributed by atoms with Gasteiger partial charge in [0.15, 0.2) is 15.2 Å². The molecule has 0 aliphatic heterocycles. The van der Waals surface area contributed by atoms with E-state index in [1.165, 1.54) is 57.5 Å². The summed E-state index contributed by atoms with van der Waals surface area (Å²) in [5, 5.41) is 33.8. The first kappa shape index (κ1) is 45.4. The van der Waals surface area contributed by atoms with E-state index in [9.17, 15) is 0 Å². The van der Waals surface area contributed by atoms with Crippen LogP contribution in [0.4, 0.5) is 56.0 Å². The molecule has 0 atom stereocenters. The van der Waals surface area contributed by atoms with E-state index in [1.54, 1.807) is 14.2 Å². The highest BCUT2D eigenvalue weighted by Crippen LogP contribution is 2.46. The number of methoxy groups -OCH3 is 2. The van der Waals surface area contributed by atoms with Crippen LogP contribution in [0.1, 0.15) is 33.3 Å². The maximum Gasteiger partial charge on any atom is 0.233 e. The van der Waals surface area contributed by atoms with Gasteiger partial charge in [-0.1, -0.05) is 65.3 Å². The molecule has 15 nitrogen and oxygen atoms in total. The zero-order chi connectivity index (χ0) is 44.7. The number of halogens is 2. The minimum atomic E-state index is 0.265. The van der Waals surface area contributed by atoms with Crippen molar-refractivity contribution in [3.63, 3.8) is 0 Å². The number of benzene rings is 3. The second kappa shape index (κ2) is 20.7. The van der Waals surface area contributed by atoms with Crippen LogP contribution in [0.5, 0.6) is 11.5 Å². The Balaban J connectivity index is 1.23. The Morgan fingerprint density at radius 3 is 1.55 bits per heavy atom. The number of hydrogen-bond donors (Lipinski definition) is 2. The number of thiophene rings is 2. The first-order chi connectivity index (χ1) is 31.2. The first-order valence-electron chi connectivity index (χ1n) is 20.0. The van der Waals surface area contributed by atoms with Gasteiger partial charge in [-0.05, 0) is 68.5 Å². The molecule has 0 aliphatic rings. The molecule has 22 heteroatoms. The normalized spacial score (nSPS) is 11.7. The molecule has 0 fully saturated rings. The Morgan fingerprint density at radius 2 is 1.11 bits per heavy atom. The summed E-state index contributed by atoms with van der Waals surface area (Å²) >= 11 is 20.0. The van der Waals surface area contributed by atoms with Gasteiger partial charge in [-0.15, -0.1) is 43.1 Å². The zero-order valence-electron chi connectivity index (χ0n) is 35.4. The number of aromatic nitrogens is 5. The molecule has 3 aromatic carbocycles. The van der Waals surface area contributed by atoms with Crippen LogP contribution in [-0.4, -0.2) is 64.1 Å². The van der Waals surface area contributed by atoms with E-state index in [0.717, 1.165) is 63.6 Å². The van der Waals surface area contributed by atoms with Crippen LogP contribution in [0.2, 0.25) is 10.0 Å². The summed E-state index contributed by atoms with van der Waals surface area (Å²) in [4.78, 5) is 20.8. The fourth-order valence-electron chi connectivity index (χ4n) is 6.70. The van der Waals surface area contributed by atoms with Gasteiger partial charge in [-0.25, -0.2) is 0 Å². The molecule has 0 bridgehead atoms. The molecule has 0 saturated carbocycles. The Morgan fingerprint density at radius 1 is 0.641 bits per heavy atom. The van der Waals surface area contributed by atoms with Gasteiger partial charge < -0.3 is 29.9 Å². The van der Waals surface area contributed by atoms with Crippen molar-refractivity contribution in [2.75, 3.05) is 60.8 Å². The summed E-state index contributed by atoms with van der Waals surface area (Å²) < 4.78 is 20.9. The zero-order valence-corrected chi connectivity index (χ0v) is 41.0. The molecule has 5 heterocycles. The highest BCUT2D eigenvalue weighted by molar-refractivity contribution is 7.98. The van der Waals surface area contributed by atoms with Crippen LogP contribution in [-0.2, 0) is 5.75 Å². The number of thioether (sulfide) groups is 1. The minimum Gasteiger partial charge on any atom is -0.494 e. The average Bonchev–Trinajstić information content (AvgIpc) is 4.11. The van der Waals surface area contributed by atoms with Crippen LogP contribution < -0.4 is 29.9 Å². The lowest BCUT2D eigenvalue weighted by atomic mass is 10.2. The van der Waals surface area contributed by atoms with Crippen molar-refractivity contribution in [3.05, 3.63) is 81.0 Å². The van der Waals surface area contributed by atoms with Gasteiger partial charge in [0.1, 0.15) is 32.5 Å². The number of ether oxygens (including phenoxy) is 2. The highest BCUT2D eigenvalue weighted by Gasteiger charge is 2.21. The number of nitrogens with zero attached hydrogens (tertiary/aromatic N) is 11. The molecule has 0 saturated heterocycles. The second-order valence-corrected chi connectivity index (χ2v) is 18.6. The number of fused-ring (bicyclic) bond motifs is 2. The van der Waals surface area contributed by atoms with Crippen molar-refractivity contribution in [3.8, 4) is 11.5 Å². The van der Waals surface area contributed by atoms with E-state index >= 15 is 0 Å². The lowest BCUT2D eigenvalue weighted by Crippen LogP contribution is -2.22. The SMILES string of the molecule is CCN(CC)c1cc(Nc2nc(Nc3cc(N(CC)CC)c(OC)cc3/N=N/c3snc4scc(Cl)c34)nc(SCc3ccccc3)n2)c(/N=N/c2snc3scc(Cl)c23)cc1OC. The van der Waals surface area contributed by atoms with Crippen LogP contribution in [0, 0.1) is 0 Å². The largest absolute Gasteiger partial charge is 0.494 e. The highest BCUT2D eigenvalue weighted by atomic mass is 35.5. The number of rotatable bonds is 19. The summed E-state index contributed by atoms with van der Waals surface area (Å²) in [6.45, 7) is 11.4. The summed E-state index contributed by atoms with van der Waals surface area (Å²) in [5.74, 6) is 2.42. The molecule has 0 unspecified atom stereocenters. The minimum absolute atomic E-state index is 0.265. The molecular weight excluding hydrogens is 950 g/mol. The van der Waals surface area contributed by atoms with Gasteiger partial charge in [0.05, 0.1) is 57.8 Å². The van der Waals surface area contributed by atoms with Gasteiger partial charge in [0.25, 0.3) is 0 Å². The monoisotopic (exact) mass is 989 g/mol. The van der Waals surface area contributed by atoms with E-state index < -0.39 is 0 Å². The van der Waals surface area contributed by atoms with Crippen LogP contribution in [0.15, 0.2) is 91.0 Å². The fourth-order valence-corrected chi connectivity index (χ4v) is 11.6. The van der Waals surface area contributed by atoms with Gasteiger partial charge >= 0.3 is 0 Å². The predicted molar refractivity (Wildman–Crippen MR) is 269 cm³/mol. The lowest BCUT2D eigenvalue weighted by molar-refractivity contribution is 0.414. The third-order valence-corrected chi connectivity index (χ3v) is 15.1. The van der Waals surface area contributed by atoms with Crippen LogP contribution in [0.3, 0.4) is 0 Å². The Bertz CT molecular complexity index is 2780. The number of azo groups is 2. The van der Waals surface area contributed by atoms with Crippen molar-refractivity contribution in [1.82, 2.24) is 23.7 Å². The van der Waals surface area contributed by atoms with E-state index in [2.05, 4.69) is 79.2 Å². The van der Waals surface area contributed by atoms with Crippen molar-refractivity contribution in [1.29, 1.82) is 0 Å². The summed E-state index contributed by atoms with van der Waals surface area (Å²) in [6.07, 6.45) is 0. The molecule has 0 spiro atoms. The van der Waals surface area contributed by atoms with E-state index in [-0.39, 0.29) is 11.9 Å². The molecule has 0 aliphatic carbocycles. The molecular formula is C42H41Cl2N13O2S5. The second-order valence-electron chi connectivity index (χ2n) is 13.6. The van der Waals surface area contributed by atoms with Crippen molar-refractivity contribution < 1.29 is 9.47 Å². The average molecular weight is 991 g/mol. The number of anilines is 6. The summed E-state index contributed by atoms with van der Waals surface area (Å²) in [5.41, 5.74) is 4.99. The topological polar surface area (TPSA) is 163 Å². The third-order valence-electron chi connectivity index (χ3n) is 9.93. The van der Waals surface area contributed by atoms with Crippen molar-refractivity contribution in [2.24, 2.45) is 20.5 Å². The maximum atomic E-state index is 6.53. The van der Waals surface area contributed by atoms with E-state index in [4.69, 9.17) is 57.9 Å². The maximum absolute atomic E-state index is 6.53. The molecule has 0 radical (unpaired) electrons. The third kappa shape index (κ3) is 9.87. The van der Waals surface area contributed by atoms with Gasteiger partial charge in [0.2, 0.25) is 11.9 Å². The molecule has 8 aromatic rings. The molecule has 0 amide bonds. The van der Waals surface area contributed by atoms with E-state index in [0.29, 0.717) is 65.2 Å². The molecule has 2 N–H and O–H groups in total. The molecule has 5 aromatic heterocycles. The summed E-state index contributed by atoms with van der Waals surface area (Å²) in [7, 11) is 3.28. The quantitative estimate of drug-likeness (QED) is 0.0583. The van der Waals surface area contributed by atoms with Crippen LogP contribution in [0.25, 0.3) is 20.4 Å². The predicted octanol–water partition coefficient (Wildman–Crippen LogP) is 14.8. The first-order valence-corrected chi connectivity index (χ1v) is 25.1. The Hall–Kier alpha value is -5.22. The Kier molecular flexibility index (Phi) is 14.7. The van der Waals surface area contributed by atoms with Gasteiger partial charge in [-0.3, -0.25) is 0 Å². The van der Waals surface area contributed by atoms with Crippen molar-refractivity contribution >= 4 is 157 Å². The molecule has 330 valence electrons. The number of nitrogens with one attached hydrogen (secondary N) is 2. The standard InChI is InChI=1S/C42H41Cl2N13O2S5/c1-7-56(8-2)30-16-26(28(18-32(30)58-5)50-52-36-34-24(43)21-60-38(34)54-63-36)45-40-47-41(49-42(48-40)62-20-23-14-12-11-13-15-23)46-27-17-31(57(9-3)10-4)33(59-6)19-29(27)51-53-37-35-25(44)22-61-39(35)55-64-37/h11-19,21-22H,7-10,20H2,1-6H3,(H2,45,46,47,48,49)/b52-50+,53-51+. The van der Waals surface area contributed by atoms with Crippen molar-refractivity contribution in [2.45, 2.75) is 38.6 Å². The lowest BCUT2D eigenvalue weighted by Gasteiger charge is -2.25. The van der Waals surface area contributed by atoms with Gasteiger partial charge in [0, 0.05) is 54.8 Å². The number of hydrogen-bond acceptors (Lipinski definition) is 20. The fraction of sp³-hybridized carbons (Fsp3) is 0.262. The van der Waals surface area contributed by atoms with Crippen LogP contribution >= 0.6 is 80.7 Å². The smallest absolute Gasteiger partial charge is 0.233 e.